The van der Waals surface area contributed by atoms with Crippen LogP contribution in [0.15, 0.2) is 21.7 Å². The summed E-state index contributed by atoms with van der Waals surface area (Å²) in [5.74, 6) is 7.04. The predicted octanol–water partition coefficient (Wildman–Crippen LogP) is 3.25. The first-order chi connectivity index (χ1) is 5.43. The molecule has 0 aliphatic rings. The molecule has 0 aliphatic heterocycles. The van der Waals surface area contributed by atoms with Crippen LogP contribution in [-0.4, -0.2) is 5.75 Å². The molecule has 0 amide bonds. The van der Waals surface area contributed by atoms with Gasteiger partial charge in [0.2, 0.25) is 0 Å². The highest BCUT2D eigenvalue weighted by Gasteiger charge is 1.91. The van der Waals surface area contributed by atoms with Crippen molar-refractivity contribution >= 4 is 23.1 Å². The van der Waals surface area contributed by atoms with Gasteiger partial charge in [-0.3, -0.25) is 0 Å². The molecule has 0 aliphatic carbocycles. The van der Waals surface area contributed by atoms with Crippen LogP contribution in [0, 0.1) is 11.8 Å². The van der Waals surface area contributed by atoms with Gasteiger partial charge in [-0.15, -0.1) is 34.9 Å². The quantitative estimate of drug-likeness (QED) is 0.393. The topological polar surface area (TPSA) is 0 Å². The SMILES string of the molecule is CC#CCCSc1cccs1. The molecule has 1 heterocycles. The molecule has 1 aromatic heterocycles. The Labute approximate surface area is 76.0 Å². The summed E-state index contributed by atoms with van der Waals surface area (Å²) in [6.45, 7) is 1.88. The zero-order chi connectivity index (χ0) is 7.94. The number of hydrogen-bond donors (Lipinski definition) is 0. The molecule has 0 saturated heterocycles. The second-order valence-corrected chi connectivity index (χ2v) is 4.30. The number of hydrogen-bond acceptors (Lipinski definition) is 2. The van der Waals surface area contributed by atoms with E-state index < -0.39 is 0 Å². The Morgan fingerprint density at radius 2 is 2.55 bits per heavy atom. The van der Waals surface area contributed by atoms with Gasteiger partial charge < -0.3 is 0 Å². The van der Waals surface area contributed by atoms with E-state index in [0.717, 1.165) is 12.2 Å². The second-order valence-electron chi connectivity index (χ2n) is 1.96. The summed E-state index contributed by atoms with van der Waals surface area (Å²) in [4.78, 5) is 0. The minimum atomic E-state index is 0.999. The summed E-state index contributed by atoms with van der Waals surface area (Å²) in [7, 11) is 0. The van der Waals surface area contributed by atoms with Gasteiger partial charge in [-0.2, -0.15) is 0 Å². The maximum Gasteiger partial charge on any atom is 0.0598 e. The fourth-order valence-corrected chi connectivity index (χ4v) is 2.39. The zero-order valence-electron chi connectivity index (χ0n) is 6.46. The van der Waals surface area contributed by atoms with Crippen LogP contribution in [0.25, 0.3) is 0 Å². The summed E-state index contributed by atoms with van der Waals surface area (Å²) in [6.07, 6.45) is 0.999. The summed E-state index contributed by atoms with van der Waals surface area (Å²) < 4.78 is 1.39. The first-order valence-corrected chi connectivity index (χ1v) is 5.36. The maximum absolute atomic E-state index is 3.04. The van der Waals surface area contributed by atoms with Crippen molar-refractivity contribution in [1.29, 1.82) is 0 Å². The Balaban J connectivity index is 2.17. The van der Waals surface area contributed by atoms with Gasteiger partial charge in [-0.1, -0.05) is 6.07 Å². The third kappa shape index (κ3) is 3.50. The third-order valence-electron chi connectivity index (χ3n) is 1.14. The molecule has 11 heavy (non-hydrogen) atoms. The van der Waals surface area contributed by atoms with Crippen LogP contribution in [0.5, 0.6) is 0 Å². The smallest absolute Gasteiger partial charge is 0.0598 e. The van der Waals surface area contributed by atoms with E-state index in [1.807, 2.05) is 18.7 Å². The molecule has 0 atom stereocenters. The van der Waals surface area contributed by atoms with Gasteiger partial charge in [-0.05, 0) is 18.4 Å². The van der Waals surface area contributed by atoms with Gasteiger partial charge in [-0.25, -0.2) is 0 Å². The van der Waals surface area contributed by atoms with Crippen molar-refractivity contribution in [2.75, 3.05) is 5.75 Å². The largest absolute Gasteiger partial charge is 0.137 e. The molecule has 0 radical (unpaired) electrons. The molecule has 2 heteroatoms. The molecule has 0 saturated carbocycles. The Morgan fingerprint density at radius 3 is 3.18 bits per heavy atom. The number of thioether (sulfide) groups is 1. The van der Waals surface area contributed by atoms with Gasteiger partial charge in [0, 0.05) is 12.2 Å². The highest BCUT2D eigenvalue weighted by Crippen LogP contribution is 2.23. The highest BCUT2D eigenvalue weighted by atomic mass is 32.2. The summed E-state index contributed by atoms with van der Waals surface area (Å²) in [5.41, 5.74) is 0. The Kier molecular flexibility index (Phi) is 4.18. The van der Waals surface area contributed by atoms with Gasteiger partial charge >= 0.3 is 0 Å². The van der Waals surface area contributed by atoms with Gasteiger partial charge in [0.05, 0.1) is 4.21 Å². The van der Waals surface area contributed by atoms with Crippen LogP contribution in [0.4, 0.5) is 0 Å². The first kappa shape index (κ1) is 8.70. The average molecular weight is 182 g/mol. The number of thiophene rings is 1. The minimum Gasteiger partial charge on any atom is -0.137 e. The van der Waals surface area contributed by atoms with Crippen LogP contribution in [0.3, 0.4) is 0 Å². The molecule has 0 nitrogen and oxygen atoms in total. The van der Waals surface area contributed by atoms with E-state index in [1.54, 1.807) is 11.3 Å². The Bertz CT molecular complexity index is 238. The Hall–Kier alpha value is -0.390. The molecular weight excluding hydrogens is 172 g/mol. The van der Waals surface area contributed by atoms with E-state index in [9.17, 15) is 0 Å². The third-order valence-corrected chi connectivity index (χ3v) is 3.28. The molecule has 1 aromatic rings. The average Bonchev–Trinajstić information content (AvgIpc) is 2.50. The Morgan fingerprint density at radius 1 is 1.64 bits per heavy atom. The molecule has 1 rings (SSSR count). The molecule has 0 unspecified atom stereocenters. The van der Waals surface area contributed by atoms with Crippen LogP contribution in [0.2, 0.25) is 0 Å². The molecule has 0 aromatic carbocycles. The lowest BCUT2D eigenvalue weighted by Gasteiger charge is -1.90. The molecule has 58 valence electrons. The van der Waals surface area contributed by atoms with E-state index in [1.165, 1.54) is 4.21 Å². The highest BCUT2D eigenvalue weighted by molar-refractivity contribution is 8.01. The normalized spacial score (nSPS) is 8.82. The fraction of sp³-hybridized carbons (Fsp3) is 0.333. The zero-order valence-corrected chi connectivity index (χ0v) is 8.10. The van der Waals surface area contributed by atoms with E-state index in [-0.39, 0.29) is 0 Å². The molecular formula is C9H10S2. The fourth-order valence-electron chi connectivity index (χ4n) is 0.673. The van der Waals surface area contributed by atoms with Crippen LogP contribution in [0.1, 0.15) is 13.3 Å². The lowest BCUT2D eigenvalue weighted by molar-refractivity contribution is 1.30. The minimum absolute atomic E-state index is 0.999. The lowest BCUT2D eigenvalue weighted by Crippen LogP contribution is -1.72. The van der Waals surface area contributed by atoms with Crippen LogP contribution >= 0.6 is 23.1 Å². The summed E-state index contributed by atoms with van der Waals surface area (Å²) >= 11 is 3.68. The monoisotopic (exact) mass is 182 g/mol. The van der Waals surface area contributed by atoms with Gasteiger partial charge in [0.1, 0.15) is 0 Å². The predicted molar refractivity (Wildman–Crippen MR) is 53.1 cm³/mol. The first-order valence-electron chi connectivity index (χ1n) is 3.49. The van der Waals surface area contributed by atoms with E-state index in [4.69, 9.17) is 0 Å². The van der Waals surface area contributed by atoms with E-state index in [0.29, 0.717) is 0 Å². The van der Waals surface area contributed by atoms with Crippen LogP contribution < -0.4 is 0 Å². The van der Waals surface area contributed by atoms with Gasteiger partial charge in [0.25, 0.3) is 0 Å². The second kappa shape index (κ2) is 5.29. The number of rotatable bonds is 3. The van der Waals surface area contributed by atoms with Crippen molar-refractivity contribution < 1.29 is 0 Å². The van der Waals surface area contributed by atoms with Crippen molar-refractivity contribution in [3.8, 4) is 11.8 Å². The van der Waals surface area contributed by atoms with Gasteiger partial charge in [0.15, 0.2) is 0 Å². The lowest BCUT2D eigenvalue weighted by atomic mass is 10.5. The summed E-state index contributed by atoms with van der Waals surface area (Å²) in [5, 5.41) is 2.10. The van der Waals surface area contributed by atoms with Crippen molar-refractivity contribution in [2.45, 2.75) is 17.6 Å². The van der Waals surface area contributed by atoms with Crippen molar-refractivity contribution in [3.63, 3.8) is 0 Å². The molecule has 0 bridgehead atoms. The van der Waals surface area contributed by atoms with Crippen molar-refractivity contribution in [1.82, 2.24) is 0 Å². The van der Waals surface area contributed by atoms with Crippen LogP contribution in [-0.2, 0) is 0 Å². The summed E-state index contributed by atoms with van der Waals surface area (Å²) in [6, 6.07) is 4.23. The van der Waals surface area contributed by atoms with Crippen molar-refractivity contribution in [3.05, 3.63) is 17.5 Å². The molecule has 0 fully saturated rings. The molecule has 0 N–H and O–H groups in total. The molecule has 0 spiro atoms. The van der Waals surface area contributed by atoms with E-state index >= 15 is 0 Å². The van der Waals surface area contributed by atoms with Crippen molar-refractivity contribution in [2.24, 2.45) is 0 Å². The maximum atomic E-state index is 3.04. The van der Waals surface area contributed by atoms with E-state index in [2.05, 4.69) is 29.4 Å². The standard InChI is InChI=1S/C9H10S2/c1-2-3-4-7-10-9-6-5-8-11-9/h5-6,8H,4,7H2,1H3.